The molecule has 2 amide bonds. The Morgan fingerprint density at radius 3 is 2.58 bits per heavy atom. The van der Waals surface area contributed by atoms with Crippen LogP contribution in [0.5, 0.6) is 0 Å². The topological polar surface area (TPSA) is 60.9 Å². The van der Waals surface area contributed by atoms with Crippen molar-refractivity contribution in [3.05, 3.63) is 0 Å². The van der Waals surface area contributed by atoms with Crippen LogP contribution in [0, 0.1) is 11.8 Å². The lowest BCUT2D eigenvalue weighted by molar-refractivity contribution is -0.137. The van der Waals surface area contributed by atoms with Gasteiger partial charge in [-0.3, -0.25) is 4.79 Å². The molecule has 1 heterocycles. The highest BCUT2D eigenvalue weighted by molar-refractivity contribution is 5.80. The van der Waals surface area contributed by atoms with Crippen molar-refractivity contribution in [3.63, 3.8) is 0 Å². The minimum absolute atomic E-state index is 0.0802. The maximum atomic E-state index is 12.4. The Labute approximate surface area is 114 Å². The fourth-order valence-corrected chi connectivity index (χ4v) is 2.64. The van der Waals surface area contributed by atoms with Crippen LogP contribution < -0.4 is 0 Å². The van der Waals surface area contributed by atoms with E-state index >= 15 is 0 Å². The number of rotatable bonds is 4. The number of hydrogen-bond acceptors (Lipinski definition) is 2. The molecule has 108 valence electrons. The average Bonchev–Trinajstić information content (AvgIpc) is 3.15. The number of amides is 2. The van der Waals surface area contributed by atoms with E-state index in [9.17, 15) is 9.59 Å². The number of urea groups is 1. The molecule has 5 nitrogen and oxygen atoms in total. The van der Waals surface area contributed by atoms with Gasteiger partial charge in [0.1, 0.15) is 6.54 Å². The van der Waals surface area contributed by atoms with Crippen molar-refractivity contribution < 1.29 is 14.7 Å². The highest BCUT2D eigenvalue weighted by atomic mass is 16.4. The molecule has 2 fully saturated rings. The maximum Gasteiger partial charge on any atom is 0.323 e. The van der Waals surface area contributed by atoms with Crippen molar-refractivity contribution in [3.8, 4) is 0 Å². The van der Waals surface area contributed by atoms with Gasteiger partial charge >= 0.3 is 12.0 Å². The quantitative estimate of drug-likeness (QED) is 0.848. The molecular formula is C14H24N2O3. The second kappa shape index (κ2) is 6.26. The molecule has 1 atom stereocenters. The van der Waals surface area contributed by atoms with Crippen LogP contribution in [-0.4, -0.2) is 53.1 Å². The Balaban J connectivity index is 1.94. The summed E-state index contributed by atoms with van der Waals surface area (Å²) in [5.74, 6) is 0.264. The summed E-state index contributed by atoms with van der Waals surface area (Å²) in [7, 11) is 0. The molecule has 0 aromatic carbocycles. The monoisotopic (exact) mass is 268 g/mol. The van der Waals surface area contributed by atoms with Gasteiger partial charge in [-0.05, 0) is 43.9 Å². The second-order valence-electron chi connectivity index (χ2n) is 6.02. The molecule has 0 aromatic heterocycles. The summed E-state index contributed by atoms with van der Waals surface area (Å²) in [5.41, 5.74) is 0. The number of carbonyl (C=O) groups is 2. The summed E-state index contributed by atoms with van der Waals surface area (Å²) in [6, 6.07) is -0.0802. The van der Waals surface area contributed by atoms with E-state index in [1.165, 1.54) is 4.90 Å². The largest absolute Gasteiger partial charge is 0.480 e. The van der Waals surface area contributed by atoms with Gasteiger partial charge in [0.2, 0.25) is 0 Å². The summed E-state index contributed by atoms with van der Waals surface area (Å²) in [6.45, 7) is 4.19. The van der Waals surface area contributed by atoms with Crippen molar-refractivity contribution in [2.75, 3.05) is 26.2 Å². The van der Waals surface area contributed by atoms with E-state index in [2.05, 4.69) is 6.92 Å². The van der Waals surface area contributed by atoms with Crippen LogP contribution in [0.15, 0.2) is 0 Å². The van der Waals surface area contributed by atoms with Gasteiger partial charge in [-0.1, -0.05) is 6.92 Å². The smallest absolute Gasteiger partial charge is 0.323 e. The Bertz CT molecular complexity index is 342. The van der Waals surface area contributed by atoms with Crippen molar-refractivity contribution in [1.82, 2.24) is 9.80 Å². The Morgan fingerprint density at radius 1 is 1.21 bits per heavy atom. The standard InChI is InChI=1S/C14H24N2O3/c1-11-3-2-7-15(8-6-11)14(19)16(10-13(17)18)9-12-4-5-12/h11-12H,2-10H2,1H3,(H,17,18). The first-order chi connectivity index (χ1) is 9.06. The zero-order chi connectivity index (χ0) is 13.8. The molecule has 5 heteroatoms. The number of hydrogen-bond donors (Lipinski definition) is 1. The number of carboxylic acids is 1. The van der Waals surface area contributed by atoms with E-state index in [0.29, 0.717) is 18.4 Å². The summed E-state index contributed by atoms with van der Waals surface area (Å²) in [6.07, 6.45) is 5.46. The highest BCUT2D eigenvalue weighted by Crippen LogP contribution is 2.30. The maximum absolute atomic E-state index is 12.4. The van der Waals surface area contributed by atoms with Gasteiger partial charge in [0.05, 0.1) is 0 Å². The van der Waals surface area contributed by atoms with Gasteiger partial charge in [-0.2, -0.15) is 0 Å². The SMILES string of the molecule is CC1CCCN(C(=O)N(CC(=O)O)CC2CC2)CC1. The molecule has 1 aliphatic carbocycles. The molecular weight excluding hydrogens is 244 g/mol. The van der Waals surface area contributed by atoms with Gasteiger partial charge in [-0.25, -0.2) is 4.79 Å². The van der Waals surface area contributed by atoms with E-state index in [-0.39, 0.29) is 12.6 Å². The molecule has 0 aromatic rings. The Hall–Kier alpha value is -1.26. The molecule has 0 radical (unpaired) electrons. The Morgan fingerprint density at radius 2 is 1.95 bits per heavy atom. The van der Waals surface area contributed by atoms with E-state index in [4.69, 9.17) is 5.11 Å². The summed E-state index contributed by atoms with van der Waals surface area (Å²) < 4.78 is 0. The third-order valence-corrected chi connectivity index (χ3v) is 4.06. The van der Waals surface area contributed by atoms with Crippen LogP contribution in [-0.2, 0) is 4.79 Å². The Kier molecular flexibility index (Phi) is 4.66. The molecule has 19 heavy (non-hydrogen) atoms. The number of likely N-dealkylation sites (tertiary alicyclic amines) is 1. The van der Waals surface area contributed by atoms with Crippen LogP contribution in [0.3, 0.4) is 0 Å². The lowest BCUT2D eigenvalue weighted by Crippen LogP contribution is -2.46. The first-order valence-electron chi connectivity index (χ1n) is 7.32. The summed E-state index contributed by atoms with van der Waals surface area (Å²) in [4.78, 5) is 26.7. The van der Waals surface area contributed by atoms with Gasteiger partial charge in [0.15, 0.2) is 0 Å². The number of carboxylic acid groups (broad SMARTS) is 1. The number of nitrogens with zero attached hydrogens (tertiary/aromatic N) is 2. The van der Waals surface area contributed by atoms with Crippen molar-refractivity contribution in [1.29, 1.82) is 0 Å². The van der Waals surface area contributed by atoms with E-state index in [1.807, 2.05) is 4.90 Å². The third-order valence-electron chi connectivity index (χ3n) is 4.06. The first-order valence-corrected chi connectivity index (χ1v) is 7.32. The normalized spacial score (nSPS) is 23.8. The van der Waals surface area contributed by atoms with E-state index in [0.717, 1.165) is 45.2 Å². The zero-order valence-electron chi connectivity index (χ0n) is 11.7. The van der Waals surface area contributed by atoms with Gasteiger partial charge in [0.25, 0.3) is 0 Å². The third kappa shape index (κ3) is 4.40. The predicted octanol–water partition coefficient (Wildman–Crippen LogP) is 2.02. The van der Waals surface area contributed by atoms with Crippen LogP contribution >= 0.6 is 0 Å². The van der Waals surface area contributed by atoms with Crippen LogP contribution in [0.4, 0.5) is 4.79 Å². The minimum atomic E-state index is -0.919. The van der Waals surface area contributed by atoms with Gasteiger partial charge in [0, 0.05) is 19.6 Å². The van der Waals surface area contributed by atoms with E-state index in [1.54, 1.807) is 0 Å². The van der Waals surface area contributed by atoms with Crippen LogP contribution in [0.2, 0.25) is 0 Å². The summed E-state index contributed by atoms with van der Waals surface area (Å²) >= 11 is 0. The molecule has 1 saturated heterocycles. The molecule has 1 aliphatic heterocycles. The molecule has 1 unspecified atom stereocenters. The second-order valence-corrected chi connectivity index (χ2v) is 6.02. The predicted molar refractivity (Wildman–Crippen MR) is 71.9 cm³/mol. The van der Waals surface area contributed by atoms with Crippen LogP contribution in [0.1, 0.15) is 39.0 Å². The van der Waals surface area contributed by atoms with Crippen LogP contribution in [0.25, 0.3) is 0 Å². The van der Waals surface area contributed by atoms with Crippen molar-refractivity contribution in [2.24, 2.45) is 11.8 Å². The molecule has 2 rings (SSSR count). The van der Waals surface area contributed by atoms with Gasteiger partial charge in [-0.15, -0.1) is 0 Å². The summed E-state index contributed by atoms with van der Waals surface area (Å²) in [5, 5.41) is 8.95. The molecule has 2 aliphatic rings. The number of carbonyl (C=O) groups excluding carboxylic acids is 1. The van der Waals surface area contributed by atoms with Crippen molar-refractivity contribution >= 4 is 12.0 Å². The number of aliphatic carboxylic acids is 1. The lowest BCUT2D eigenvalue weighted by Gasteiger charge is -2.29. The average molecular weight is 268 g/mol. The first kappa shape index (κ1) is 14.2. The zero-order valence-corrected chi connectivity index (χ0v) is 11.7. The highest BCUT2D eigenvalue weighted by Gasteiger charge is 2.30. The fraction of sp³-hybridized carbons (Fsp3) is 0.857. The molecule has 1 N–H and O–H groups in total. The van der Waals surface area contributed by atoms with Crippen molar-refractivity contribution in [2.45, 2.75) is 39.0 Å². The van der Waals surface area contributed by atoms with Gasteiger partial charge < -0.3 is 14.9 Å². The van der Waals surface area contributed by atoms with E-state index < -0.39 is 5.97 Å². The molecule has 0 bridgehead atoms. The fourth-order valence-electron chi connectivity index (χ4n) is 2.64. The lowest BCUT2D eigenvalue weighted by atomic mass is 10.0. The molecule has 1 saturated carbocycles. The molecule has 0 spiro atoms. The minimum Gasteiger partial charge on any atom is -0.480 e.